The van der Waals surface area contributed by atoms with Crippen molar-refractivity contribution >= 4 is 61.5 Å². The van der Waals surface area contributed by atoms with E-state index in [0.29, 0.717) is 21.5 Å². The van der Waals surface area contributed by atoms with E-state index in [0.717, 1.165) is 16.6 Å². The lowest BCUT2D eigenvalue weighted by atomic mass is 10.1. The molecule has 0 spiro atoms. The van der Waals surface area contributed by atoms with Gasteiger partial charge in [-0.1, -0.05) is 42.3 Å². The Morgan fingerprint density at radius 3 is 2.82 bits per heavy atom. The van der Waals surface area contributed by atoms with Crippen LogP contribution in [0.1, 0.15) is 35.7 Å². The van der Waals surface area contributed by atoms with Crippen molar-refractivity contribution in [3.8, 4) is 5.75 Å². The number of amides is 1. The number of rotatable bonds is 6. The Hall–Kier alpha value is -2.22. The normalized spacial score (nSPS) is 10.7. The molecule has 146 valence electrons. The number of methoxy groups -OCH3 is 1. The van der Waals surface area contributed by atoms with Crippen molar-refractivity contribution in [3.05, 3.63) is 52.5 Å². The minimum absolute atomic E-state index is 0.183. The molecule has 0 unspecified atom stereocenters. The minimum Gasteiger partial charge on any atom is -0.495 e. The molecule has 0 aliphatic heterocycles. The molecule has 0 aliphatic rings. The first-order valence-electron chi connectivity index (χ1n) is 8.85. The number of aryl methyl sites for hydroxylation is 1. The standard InChI is InChI=1S/C20H20ClN3O2S2/c1-3-4-5-12-6-8-15-17(10-12)28-20(22-15)24-19(27)23-18(25)13-7-9-16(26-2)14(21)11-13/h6-11H,3-5H2,1-2H3,(H2,22,23,24,25,27). The molecule has 28 heavy (non-hydrogen) atoms. The van der Waals surface area contributed by atoms with Gasteiger partial charge in [0.2, 0.25) is 0 Å². The molecule has 3 rings (SSSR count). The molecule has 1 amide bonds. The zero-order valence-corrected chi connectivity index (χ0v) is 17.9. The number of nitrogens with zero attached hydrogens (tertiary/aromatic N) is 1. The van der Waals surface area contributed by atoms with Crippen molar-refractivity contribution in [2.45, 2.75) is 26.2 Å². The average molecular weight is 434 g/mol. The van der Waals surface area contributed by atoms with E-state index in [2.05, 4.69) is 34.7 Å². The van der Waals surface area contributed by atoms with Crippen molar-refractivity contribution in [2.75, 3.05) is 12.4 Å². The summed E-state index contributed by atoms with van der Waals surface area (Å²) in [6.07, 6.45) is 3.40. The van der Waals surface area contributed by atoms with Crippen LogP contribution in [0.5, 0.6) is 5.75 Å². The van der Waals surface area contributed by atoms with Gasteiger partial charge in [-0.05, 0) is 61.0 Å². The largest absolute Gasteiger partial charge is 0.495 e. The molecule has 0 aliphatic carbocycles. The van der Waals surface area contributed by atoms with E-state index < -0.39 is 0 Å². The fourth-order valence-corrected chi connectivity index (χ4v) is 4.12. The number of thiazole rings is 1. The molecule has 1 heterocycles. The van der Waals surface area contributed by atoms with E-state index in [1.165, 1.54) is 42.9 Å². The summed E-state index contributed by atoms with van der Waals surface area (Å²) in [5.74, 6) is 0.150. The van der Waals surface area contributed by atoms with E-state index in [1.54, 1.807) is 12.1 Å². The Morgan fingerprint density at radius 2 is 2.11 bits per heavy atom. The van der Waals surface area contributed by atoms with Crippen molar-refractivity contribution in [3.63, 3.8) is 0 Å². The molecule has 5 nitrogen and oxygen atoms in total. The van der Waals surface area contributed by atoms with Crippen molar-refractivity contribution in [1.82, 2.24) is 10.3 Å². The average Bonchev–Trinajstić information content (AvgIpc) is 3.07. The molecule has 0 radical (unpaired) electrons. The quantitative estimate of drug-likeness (QED) is 0.507. The van der Waals surface area contributed by atoms with Crippen LogP contribution in [0.15, 0.2) is 36.4 Å². The number of hydrogen-bond donors (Lipinski definition) is 2. The number of thiocarbonyl (C=S) groups is 1. The van der Waals surface area contributed by atoms with Gasteiger partial charge in [-0.15, -0.1) is 0 Å². The zero-order chi connectivity index (χ0) is 20.1. The summed E-state index contributed by atoms with van der Waals surface area (Å²) in [6, 6.07) is 11.1. The molecule has 0 bridgehead atoms. The molecule has 0 atom stereocenters. The fourth-order valence-electron chi connectivity index (χ4n) is 2.67. The molecule has 2 N–H and O–H groups in total. The minimum atomic E-state index is -0.356. The highest BCUT2D eigenvalue weighted by molar-refractivity contribution is 7.80. The Balaban J connectivity index is 1.65. The number of carbonyl (C=O) groups excluding carboxylic acids is 1. The van der Waals surface area contributed by atoms with Crippen LogP contribution in [-0.4, -0.2) is 23.1 Å². The SMILES string of the molecule is CCCCc1ccc2nc(NC(=S)NC(=O)c3ccc(OC)c(Cl)c3)sc2c1. The van der Waals surface area contributed by atoms with Crippen molar-refractivity contribution < 1.29 is 9.53 Å². The summed E-state index contributed by atoms with van der Waals surface area (Å²) in [6.45, 7) is 2.18. The lowest BCUT2D eigenvalue weighted by Gasteiger charge is -2.08. The molecular weight excluding hydrogens is 414 g/mol. The third-order valence-electron chi connectivity index (χ3n) is 4.13. The highest BCUT2D eigenvalue weighted by Crippen LogP contribution is 2.27. The molecule has 2 aromatic carbocycles. The molecular formula is C20H20ClN3O2S2. The van der Waals surface area contributed by atoms with Gasteiger partial charge >= 0.3 is 0 Å². The maximum Gasteiger partial charge on any atom is 0.257 e. The number of ether oxygens (including phenoxy) is 1. The van der Waals surface area contributed by atoms with Gasteiger partial charge in [0, 0.05) is 5.56 Å². The van der Waals surface area contributed by atoms with Gasteiger partial charge in [0.15, 0.2) is 10.2 Å². The number of nitrogens with one attached hydrogen (secondary N) is 2. The molecule has 0 fully saturated rings. The molecule has 3 aromatic rings. The summed E-state index contributed by atoms with van der Waals surface area (Å²) in [5.41, 5.74) is 2.60. The predicted molar refractivity (Wildman–Crippen MR) is 120 cm³/mol. The van der Waals surface area contributed by atoms with Crippen LogP contribution in [0.4, 0.5) is 5.13 Å². The molecule has 0 saturated carbocycles. The van der Waals surface area contributed by atoms with Gasteiger partial charge in [-0.2, -0.15) is 0 Å². The van der Waals surface area contributed by atoms with Gasteiger partial charge in [-0.25, -0.2) is 4.98 Å². The highest BCUT2D eigenvalue weighted by Gasteiger charge is 2.12. The number of carbonyl (C=O) groups is 1. The fraction of sp³-hybridized carbons (Fsp3) is 0.250. The molecule has 0 saturated heterocycles. The number of fused-ring (bicyclic) bond motifs is 1. The smallest absolute Gasteiger partial charge is 0.257 e. The summed E-state index contributed by atoms with van der Waals surface area (Å²) >= 11 is 12.8. The second-order valence-electron chi connectivity index (χ2n) is 6.18. The topological polar surface area (TPSA) is 63.2 Å². The Morgan fingerprint density at radius 1 is 1.29 bits per heavy atom. The molecule has 1 aromatic heterocycles. The van der Waals surface area contributed by atoms with Gasteiger partial charge < -0.3 is 10.1 Å². The van der Waals surface area contributed by atoms with E-state index in [4.69, 9.17) is 28.6 Å². The maximum atomic E-state index is 12.4. The third-order valence-corrected chi connectivity index (χ3v) is 5.57. The second-order valence-corrected chi connectivity index (χ2v) is 8.03. The third kappa shape index (κ3) is 4.98. The number of benzene rings is 2. The van der Waals surface area contributed by atoms with E-state index in [9.17, 15) is 4.79 Å². The van der Waals surface area contributed by atoms with Gasteiger partial charge in [-0.3, -0.25) is 10.1 Å². The Bertz CT molecular complexity index is 1020. The van der Waals surface area contributed by atoms with Crippen LogP contribution >= 0.6 is 35.2 Å². The highest BCUT2D eigenvalue weighted by atomic mass is 35.5. The van der Waals surface area contributed by atoms with E-state index in [1.807, 2.05) is 6.07 Å². The second kappa shape index (κ2) is 9.32. The van der Waals surface area contributed by atoms with Crippen LogP contribution in [0, 0.1) is 0 Å². The Kier molecular flexibility index (Phi) is 6.83. The van der Waals surface area contributed by atoms with Crippen LogP contribution in [-0.2, 0) is 6.42 Å². The van der Waals surface area contributed by atoms with E-state index >= 15 is 0 Å². The first-order valence-corrected chi connectivity index (χ1v) is 10.5. The summed E-state index contributed by atoms with van der Waals surface area (Å²) in [5, 5.41) is 6.81. The molecule has 8 heteroatoms. The van der Waals surface area contributed by atoms with Crippen LogP contribution < -0.4 is 15.4 Å². The monoisotopic (exact) mass is 433 g/mol. The van der Waals surface area contributed by atoms with Gasteiger partial charge in [0.1, 0.15) is 5.75 Å². The van der Waals surface area contributed by atoms with Crippen molar-refractivity contribution in [1.29, 1.82) is 0 Å². The van der Waals surface area contributed by atoms with Gasteiger partial charge in [0.05, 0.1) is 22.3 Å². The summed E-state index contributed by atoms with van der Waals surface area (Å²) < 4.78 is 6.18. The van der Waals surface area contributed by atoms with E-state index in [-0.39, 0.29) is 11.0 Å². The number of halogens is 1. The maximum absolute atomic E-state index is 12.4. The predicted octanol–water partition coefficient (Wildman–Crippen LogP) is 5.43. The lowest BCUT2D eigenvalue weighted by Crippen LogP contribution is -2.34. The Labute approximate surface area is 178 Å². The van der Waals surface area contributed by atoms with Gasteiger partial charge in [0.25, 0.3) is 5.91 Å². The van der Waals surface area contributed by atoms with Crippen molar-refractivity contribution in [2.24, 2.45) is 0 Å². The van der Waals surface area contributed by atoms with Crippen LogP contribution in [0.2, 0.25) is 5.02 Å². The first kappa shape index (κ1) is 20.5. The van der Waals surface area contributed by atoms with Crippen LogP contribution in [0.3, 0.4) is 0 Å². The lowest BCUT2D eigenvalue weighted by molar-refractivity contribution is 0.0977. The zero-order valence-electron chi connectivity index (χ0n) is 15.5. The van der Waals surface area contributed by atoms with Crippen LogP contribution in [0.25, 0.3) is 10.2 Å². The first-order chi connectivity index (χ1) is 13.5. The number of unbranched alkanes of at least 4 members (excludes halogenated alkanes) is 1. The number of hydrogen-bond acceptors (Lipinski definition) is 5. The number of anilines is 1. The summed E-state index contributed by atoms with van der Waals surface area (Å²) in [4.78, 5) is 16.9. The summed E-state index contributed by atoms with van der Waals surface area (Å²) in [7, 11) is 1.52. The number of aromatic nitrogens is 1.